The number of rotatable bonds is 2. The highest BCUT2D eigenvalue weighted by Gasteiger charge is 2.07. The topological polar surface area (TPSA) is 38.0 Å². The molecule has 4 heteroatoms. The maximum atomic E-state index is 13.3. The fourth-order valence-corrected chi connectivity index (χ4v) is 1.70. The van der Waals surface area contributed by atoms with E-state index < -0.39 is 5.82 Å². The van der Waals surface area contributed by atoms with Crippen molar-refractivity contribution in [1.29, 1.82) is 0 Å². The van der Waals surface area contributed by atoms with E-state index in [1.807, 2.05) is 31.2 Å². The number of benzene rings is 2. The highest BCUT2D eigenvalue weighted by atomic mass is 35.5. The second-order valence-electron chi connectivity index (χ2n) is 3.79. The molecule has 2 aromatic rings. The summed E-state index contributed by atoms with van der Waals surface area (Å²) in [6, 6.07) is 10.4. The molecule has 0 unspecified atom stereocenters. The molecule has 0 spiro atoms. The molecule has 17 heavy (non-hydrogen) atoms. The SMILES string of the molecule is Cc1ccccc1Nc1cc(F)c(Cl)cc1N. The summed E-state index contributed by atoms with van der Waals surface area (Å²) < 4.78 is 13.3. The van der Waals surface area contributed by atoms with Crippen LogP contribution >= 0.6 is 11.6 Å². The van der Waals surface area contributed by atoms with Gasteiger partial charge in [-0.1, -0.05) is 29.8 Å². The minimum absolute atomic E-state index is 0.0258. The van der Waals surface area contributed by atoms with Crippen LogP contribution in [-0.2, 0) is 0 Å². The Balaban J connectivity index is 2.37. The lowest BCUT2D eigenvalue weighted by Crippen LogP contribution is -1.98. The van der Waals surface area contributed by atoms with Crippen LogP contribution in [0.15, 0.2) is 36.4 Å². The zero-order valence-corrected chi connectivity index (χ0v) is 10.1. The van der Waals surface area contributed by atoms with Gasteiger partial charge < -0.3 is 11.1 Å². The number of nitrogens with two attached hydrogens (primary N) is 1. The molecule has 88 valence electrons. The summed E-state index contributed by atoms with van der Waals surface area (Å²) in [5, 5.41) is 3.11. The third-order valence-electron chi connectivity index (χ3n) is 2.51. The third kappa shape index (κ3) is 2.50. The molecule has 0 amide bonds. The second kappa shape index (κ2) is 4.63. The molecule has 2 rings (SSSR count). The molecule has 0 heterocycles. The van der Waals surface area contributed by atoms with Crippen LogP contribution in [0.5, 0.6) is 0 Å². The molecule has 0 fully saturated rings. The molecule has 3 N–H and O–H groups in total. The van der Waals surface area contributed by atoms with Gasteiger partial charge >= 0.3 is 0 Å². The predicted molar refractivity (Wildman–Crippen MR) is 70.3 cm³/mol. The predicted octanol–water partition coefficient (Wildman–Crippen LogP) is 4.11. The summed E-state index contributed by atoms with van der Waals surface area (Å²) in [4.78, 5) is 0. The van der Waals surface area contributed by atoms with E-state index >= 15 is 0 Å². The van der Waals surface area contributed by atoms with Crippen LogP contribution in [0.25, 0.3) is 0 Å². The lowest BCUT2D eigenvalue weighted by Gasteiger charge is -2.12. The number of halogens is 2. The third-order valence-corrected chi connectivity index (χ3v) is 2.80. The van der Waals surface area contributed by atoms with Crippen LogP contribution in [0, 0.1) is 12.7 Å². The Bertz CT molecular complexity index is 555. The van der Waals surface area contributed by atoms with E-state index in [1.165, 1.54) is 12.1 Å². The van der Waals surface area contributed by atoms with Gasteiger partial charge in [-0.2, -0.15) is 0 Å². The number of hydrogen-bond donors (Lipinski definition) is 2. The maximum absolute atomic E-state index is 13.3. The average molecular weight is 251 g/mol. The first kappa shape index (κ1) is 11.7. The van der Waals surface area contributed by atoms with E-state index in [-0.39, 0.29) is 5.02 Å². The normalized spacial score (nSPS) is 10.3. The summed E-state index contributed by atoms with van der Waals surface area (Å²) in [6.07, 6.45) is 0. The Morgan fingerprint density at radius 1 is 1.18 bits per heavy atom. The monoisotopic (exact) mass is 250 g/mol. The Kier molecular flexibility index (Phi) is 3.20. The van der Waals surface area contributed by atoms with Crippen LogP contribution in [0.2, 0.25) is 5.02 Å². The van der Waals surface area contributed by atoms with Crippen molar-refractivity contribution in [3.8, 4) is 0 Å². The van der Waals surface area contributed by atoms with Crippen molar-refractivity contribution in [2.24, 2.45) is 0 Å². The summed E-state index contributed by atoms with van der Waals surface area (Å²) >= 11 is 5.64. The molecule has 0 atom stereocenters. The first-order valence-electron chi connectivity index (χ1n) is 5.15. The number of para-hydroxylation sites is 1. The molecule has 2 nitrogen and oxygen atoms in total. The number of hydrogen-bond acceptors (Lipinski definition) is 2. The molecule has 0 aliphatic carbocycles. The summed E-state index contributed by atoms with van der Waals surface area (Å²) in [5.74, 6) is -0.489. The molecule has 0 saturated heterocycles. The summed E-state index contributed by atoms with van der Waals surface area (Å²) in [5.41, 5.74) is 8.65. The van der Waals surface area contributed by atoms with Crippen molar-refractivity contribution in [2.45, 2.75) is 6.92 Å². The fourth-order valence-electron chi connectivity index (χ4n) is 1.53. The van der Waals surface area contributed by atoms with Gasteiger partial charge in [0.2, 0.25) is 0 Å². The quantitative estimate of drug-likeness (QED) is 0.787. The zero-order chi connectivity index (χ0) is 12.4. The van der Waals surface area contributed by atoms with Crippen molar-refractivity contribution in [3.05, 3.63) is 52.8 Å². The number of nitrogens with one attached hydrogen (secondary N) is 1. The molecular formula is C13H12ClFN2. The summed E-state index contributed by atoms with van der Waals surface area (Å²) in [6.45, 7) is 1.96. The van der Waals surface area contributed by atoms with Crippen molar-refractivity contribution in [2.75, 3.05) is 11.1 Å². The Morgan fingerprint density at radius 2 is 1.88 bits per heavy atom. The minimum atomic E-state index is -0.489. The maximum Gasteiger partial charge on any atom is 0.144 e. The van der Waals surface area contributed by atoms with Crippen LogP contribution < -0.4 is 11.1 Å². The lowest BCUT2D eigenvalue weighted by atomic mass is 10.2. The van der Waals surface area contributed by atoms with Crippen molar-refractivity contribution >= 4 is 28.7 Å². The second-order valence-corrected chi connectivity index (χ2v) is 4.20. The molecule has 0 aliphatic heterocycles. The Labute approximate surface area is 104 Å². The van der Waals surface area contributed by atoms with Crippen LogP contribution in [-0.4, -0.2) is 0 Å². The zero-order valence-electron chi connectivity index (χ0n) is 9.30. The minimum Gasteiger partial charge on any atom is -0.397 e. The van der Waals surface area contributed by atoms with Gasteiger partial charge in [0, 0.05) is 11.8 Å². The highest BCUT2D eigenvalue weighted by Crippen LogP contribution is 2.29. The summed E-state index contributed by atoms with van der Waals surface area (Å²) in [7, 11) is 0. The van der Waals surface area contributed by atoms with E-state index in [1.54, 1.807) is 0 Å². The Hall–Kier alpha value is -1.74. The van der Waals surface area contributed by atoms with Gasteiger partial charge in [0.05, 0.1) is 16.4 Å². The average Bonchev–Trinajstić information content (AvgIpc) is 2.29. The van der Waals surface area contributed by atoms with Gasteiger partial charge in [0.15, 0.2) is 0 Å². The van der Waals surface area contributed by atoms with E-state index in [2.05, 4.69) is 5.32 Å². The van der Waals surface area contributed by atoms with Crippen LogP contribution in [0.4, 0.5) is 21.5 Å². The molecular weight excluding hydrogens is 239 g/mol. The molecule has 2 aromatic carbocycles. The number of aryl methyl sites for hydroxylation is 1. The molecule has 0 bridgehead atoms. The standard InChI is InChI=1S/C13H12ClFN2/c1-8-4-2-3-5-12(8)17-13-7-10(15)9(14)6-11(13)16/h2-7,17H,16H2,1H3. The van der Waals surface area contributed by atoms with Gasteiger partial charge in [-0.15, -0.1) is 0 Å². The highest BCUT2D eigenvalue weighted by molar-refractivity contribution is 6.31. The first-order valence-corrected chi connectivity index (χ1v) is 5.53. The van der Waals surface area contributed by atoms with Crippen molar-refractivity contribution < 1.29 is 4.39 Å². The van der Waals surface area contributed by atoms with Crippen molar-refractivity contribution in [3.63, 3.8) is 0 Å². The van der Waals surface area contributed by atoms with Gasteiger partial charge in [0.1, 0.15) is 5.82 Å². The van der Waals surface area contributed by atoms with Crippen LogP contribution in [0.3, 0.4) is 0 Å². The first-order chi connectivity index (χ1) is 8.08. The van der Waals surface area contributed by atoms with Gasteiger partial charge in [-0.25, -0.2) is 4.39 Å². The number of anilines is 3. The van der Waals surface area contributed by atoms with Gasteiger partial charge in [-0.05, 0) is 24.6 Å². The van der Waals surface area contributed by atoms with Gasteiger partial charge in [0.25, 0.3) is 0 Å². The molecule has 0 aromatic heterocycles. The van der Waals surface area contributed by atoms with Gasteiger partial charge in [-0.3, -0.25) is 0 Å². The van der Waals surface area contributed by atoms with E-state index in [0.29, 0.717) is 11.4 Å². The van der Waals surface area contributed by atoms with E-state index in [9.17, 15) is 4.39 Å². The molecule has 0 saturated carbocycles. The van der Waals surface area contributed by atoms with Crippen molar-refractivity contribution in [1.82, 2.24) is 0 Å². The van der Waals surface area contributed by atoms with E-state index in [4.69, 9.17) is 17.3 Å². The lowest BCUT2D eigenvalue weighted by molar-refractivity contribution is 0.629. The van der Waals surface area contributed by atoms with E-state index in [0.717, 1.165) is 11.3 Å². The smallest absolute Gasteiger partial charge is 0.144 e. The Morgan fingerprint density at radius 3 is 2.59 bits per heavy atom. The molecule has 0 radical (unpaired) electrons. The fraction of sp³-hybridized carbons (Fsp3) is 0.0769. The van der Waals surface area contributed by atoms with Crippen LogP contribution in [0.1, 0.15) is 5.56 Å². The molecule has 0 aliphatic rings. The largest absolute Gasteiger partial charge is 0.397 e. The number of nitrogen functional groups attached to an aromatic ring is 1.